The van der Waals surface area contributed by atoms with Gasteiger partial charge in [0.2, 0.25) is 0 Å². The molecule has 0 bridgehead atoms. The topological polar surface area (TPSA) is 212 Å². The third kappa shape index (κ3) is 10.4. The number of likely N-dealkylation sites (N-methyl/N-ethyl adjacent to an activating group) is 1. The van der Waals surface area contributed by atoms with Gasteiger partial charge in [-0.15, -0.1) is 11.8 Å². The Bertz CT molecular complexity index is 2000. The molecule has 3 unspecified atom stereocenters. The number of aryl methyl sites for hydroxylation is 1. The highest BCUT2D eigenvalue weighted by Crippen LogP contribution is 2.49. The van der Waals surface area contributed by atoms with Crippen molar-refractivity contribution in [1.82, 2.24) is 24.4 Å². The van der Waals surface area contributed by atoms with Crippen LogP contribution in [0, 0.1) is 29.6 Å². The number of methoxy groups -OCH3 is 2. The Hall–Kier alpha value is -2.85. The summed E-state index contributed by atoms with van der Waals surface area (Å²) in [4.78, 5) is 59.0. The van der Waals surface area contributed by atoms with E-state index in [2.05, 4.69) is 15.0 Å². The number of rotatable bonds is 12. The number of nitrogens with zero attached hydrogens (tertiary/aromatic N) is 5. The zero-order valence-electron chi connectivity index (χ0n) is 41.2. The predicted octanol–water partition coefficient (Wildman–Crippen LogP) is 4.20. The number of carbonyl (C=O) groups is 3. The fourth-order valence-corrected chi connectivity index (χ4v) is 12.6. The first-order valence-corrected chi connectivity index (χ1v) is 24.5. The number of ether oxygens (including phenoxy) is 8. The molecule has 2 aromatic heterocycles. The zero-order valence-corrected chi connectivity index (χ0v) is 42.1. The van der Waals surface area contributed by atoms with E-state index < -0.39 is 113 Å². The van der Waals surface area contributed by atoms with Crippen LogP contribution in [0.15, 0.2) is 18.9 Å². The Kier molecular flexibility index (Phi) is 16.7. The second kappa shape index (κ2) is 21.0. The van der Waals surface area contributed by atoms with Gasteiger partial charge in [0, 0.05) is 62.7 Å². The van der Waals surface area contributed by atoms with Gasteiger partial charge in [0.05, 0.1) is 54.1 Å². The molecule has 372 valence electrons. The molecule has 6 rings (SSSR count). The van der Waals surface area contributed by atoms with Gasteiger partial charge in [0.1, 0.15) is 41.2 Å². The molecule has 4 fully saturated rings. The molecule has 19 atom stereocenters. The Morgan fingerprint density at radius 1 is 0.924 bits per heavy atom. The van der Waals surface area contributed by atoms with Crippen LogP contribution in [0.25, 0.3) is 11.2 Å². The quantitative estimate of drug-likeness (QED) is 0.286. The van der Waals surface area contributed by atoms with E-state index in [1.54, 1.807) is 47.3 Å². The maximum atomic E-state index is 15.1. The van der Waals surface area contributed by atoms with Crippen LogP contribution in [-0.2, 0) is 58.8 Å². The summed E-state index contributed by atoms with van der Waals surface area (Å²) >= 11 is 1.39. The predicted molar refractivity (Wildman–Crippen MR) is 244 cm³/mol. The van der Waals surface area contributed by atoms with Crippen LogP contribution in [0.5, 0.6) is 0 Å². The van der Waals surface area contributed by atoms with Crippen LogP contribution in [-0.4, -0.2) is 170 Å². The Labute approximate surface area is 393 Å². The summed E-state index contributed by atoms with van der Waals surface area (Å²) in [5.41, 5.74) is -2.38. The molecule has 0 aromatic carbocycles. The number of aliphatic hydroxyl groups is 2. The molecule has 0 saturated carbocycles. The second-order valence-corrected chi connectivity index (χ2v) is 21.3. The summed E-state index contributed by atoms with van der Waals surface area (Å²) in [5.74, 6) is -4.59. The number of hydrogen-bond donors (Lipinski definition) is 2. The highest BCUT2D eigenvalue weighted by atomic mass is 32.2. The van der Waals surface area contributed by atoms with E-state index in [0.717, 1.165) is 0 Å². The van der Waals surface area contributed by atoms with E-state index in [1.807, 2.05) is 65.1 Å². The van der Waals surface area contributed by atoms with Crippen molar-refractivity contribution in [3.05, 3.63) is 18.9 Å². The van der Waals surface area contributed by atoms with E-state index in [-0.39, 0.29) is 37.2 Å². The summed E-state index contributed by atoms with van der Waals surface area (Å²) in [6.07, 6.45) is -2.11. The number of cyclic esters (lactones) is 1. The van der Waals surface area contributed by atoms with Crippen molar-refractivity contribution in [3.63, 3.8) is 0 Å². The molecule has 18 nitrogen and oxygen atoms in total. The van der Waals surface area contributed by atoms with E-state index in [4.69, 9.17) is 37.9 Å². The molecule has 0 radical (unpaired) electrons. The van der Waals surface area contributed by atoms with Crippen molar-refractivity contribution in [2.75, 3.05) is 34.1 Å². The van der Waals surface area contributed by atoms with Gasteiger partial charge in [-0.3, -0.25) is 14.4 Å². The highest BCUT2D eigenvalue weighted by molar-refractivity contribution is 8.00. The third-order valence-electron chi connectivity index (χ3n) is 15.2. The van der Waals surface area contributed by atoms with Crippen molar-refractivity contribution >= 4 is 40.6 Å². The molecule has 2 N–H and O–H groups in total. The molecule has 0 aliphatic carbocycles. The summed E-state index contributed by atoms with van der Waals surface area (Å²) in [5, 5.41) is 22.1. The Balaban J connectivity index is 1.42. The maximum absolute atomic E-state index is 15.1. The van der Waals surface area contributed by atoms with Crippen LogP contribution in [0.2, 0.25) is 0 Å². The van der Waals surface area contributed by atoms with Crippen LogP contribution in [0.1, 0.15) is 94.9 Å². The summed E-state index contributed by atoms with van der Waals surface area (Å²) in [6.45, 7) is 18.7. The smallest absolute Gasteiger partial charge is 0.320 e. The van der Waals surface area contributed by atoms with Gasteiger partial charge in [0.25, 0.3) is 0 Å². The van der Waals surface area contributed by atoms with Gasteiger partial charge >= 0.3 is 11.9 Å². The lowest BCUT2D eigenvalue weighted by molar-refractivity contribution is -0.319. The van der Waals surface area contributed by atoms with Gasteiger partial charge in [-0.2, -0.15) is 0 Å². The van der Waals surface area contributed by atoms with Gasteiger partial charge < -0.3 is 57.6 Å². The standard InChI is InChI=1S/C47H75N5O13S/c1-15-32-47(10)34(38(43(57)65-47)66-17-16-52-23-50-30-21-48-22-49-41(30)52)26(4)35(53)24(2)19-46(9,59-14)40(64-44-36(54)31(51(11)12)18-25(3)60-44)27(5)37(28(6)42(56)62-32)63-33-20-45(8,58-13)39(55)29(7)61-33/h21-29,31-34,36-40,44,54-55H,15-20H2,1-14H3/t24-,25-,26?,27+,28-,29-,31+,32-,33+,34?,36-,37+,38?,39+,40-,44+,45-,46-,47-/m1/s1. The van der Waals surface area contributed by atoms with Crippen LogP contribution < -0.4 is 0 Å². The Morgan fingerprint density at radius 2 is 1.62 bits per heavy atom. The van der Waals surface area contributed by atoms with Crippen molar-refractivity contribution in [2.24, 2.45) is 29.6 Å². The number of fused-ring (bicyclic) bond motifs is 2. The lowest BCUT2D eigenvalue weighted by Crippen LogP contribution is -2.61. The molecule has 19 heteroatoms. The number of thioether (sulfide) groups is 1. The normalized spacial score (nSPS) is 43.1. The van der Waals surface area contributed by atoms with Crippen LogP contribution >= 0.6 is 11.8 Å². The van der Waals surface area contributed by atoms with Crippen molar-refractivity contribution in [2.45, 2.75) is 185 Å². The Morgan fingerprint density at radius 3 is 2.27 bits per heavy atom. The molecule has 4 aliphatic rings. The van der Waals surface area contributed by atoms with E-state index in [1.165, 1.54) is 25.2 Å². The van der Waals surface area contributed by atoms with Crippen LogP contribution in [0.4, 0.5) is 0 Å². The van der Waals surface area contributed by atoms with Crippen molar-refractivity contribution in [1.29, 1.82) is 0 Å². The second-order valence-electron chi connectivity index (χ2n) is 20.1. The maximum Gasteiger partial charge on any atom is 0.320 e. The number of hydrogen-bond acceptors (Lipinski definition) is 18. The average Bonchev–Trinajstić information content (AvgIpc) is 3.81. The minimum Gasteiger partial charge on any atom is -0.458 e. The number of ketones is 1. The third-order valence-corrected chi connectivity index (χ3v) is 16.4. The van der Waals surface area contributed by atoms with Gasteiger partial charge in [-0.1, -0.05) is 27.7 Å². The number of aromatic nitrogens is 4. The first-order valence-electron chi connectivity index (χ1n) is 23.5. The molecular formula is C47H75N5O13S. The highest BCUT2D eigenvalue weighted by Gasteiger charge is 2.62. The number of Topliss-reactive ketones (excluding diaryl/α,β-unsaturated/α-hetero) is 1. The van der Waals surface area contributed by atoms with Gasteiger partial charge in [0.15, 0.2) is 23.8 Å². The zero-order chi connectivity index (χ0) is 48.6. The largest absolute Gasteiger partial charge is 0.458 e. The average molecular weight is 950 g/mol. The summed E-state index contributed by atoms with van der Waals surface area (Å²) < 4.78 is 53.6. The van der Waals surface area contributed by atoms with Crippen molar-refractivity contribution in [3.8, 4) is 0 Å². The summed E-state index contributed by atoms with van der Waals surface area (Å²) in [6, 6.07) is -0.297. The van der Waals surface area contributed by atoms with Crippen LogP contribution in [0.3, 0.4) is 0 Å². The van der Waals surface area contributed by atoms with E-state index >= 15 is 4.79 Å². The monoisotopic (exact) mass is 950 g/mol. The molecule has 6 heterocycles. The number of carbonyl (C=O) groups excluding carboxylic acids is 3. The van der Waals surface area contributed by atoms with E-state index in [0.29, 0.717) is 29.9 Å². The fraction of sp³-hybridized carbons (Fsp3) is 0.830. The lowest BCUT2D eigenvalue weighted by Gasteiger charge is -2.50. The first kappa shape index (κ1) is 52.5. The fourth-order valence-electron chi connectivity index (χ4n) is 11.2. The number of esters is 2. The first-order chi connectivity index (χ1) is 31.0. The SMILES string of the molecule is CC[C@H]1OC(=O)[C@H](C)[C@@H](O[C@H]2C[C@@](C)(OC)[C@@H](O)[C@@H](C)O2)[C@H](C)[C@@H](O[C@@H]2O[C@H](C)C[C@H](N(C)C)[C@H]2O)[C@](C)(OC)C[C@@H](C)C(=O)C(C)C2C(SCCn3cnc4cncnc43)C(=O)O[C@@]21C. The molecule has 4 aliphatic heterocycles. The van der Waals surface area contributed by atoms with Crippen molar-refractivity contribution < 1.29 is 62.5 Å². The molecular weight excluding hydrogens is 875 g/mol. The molecule has 0 spiro atoms. The molecule has 66 heavy (non-hydrogen) atoms. The van der Waals surface area contributed by atoms with Gasteiger partial charge in [-0.05, 0) is 74.9 Å². The molecule has 2 aromatic rings. The number of aliphatic hydroxyl groups excluding tert-OH is 2. The number of imidazole rings is 1. The minimum atomic E-state index is -1.39. The lowest BCUT2D eigenvalue weighted by atomic mass is 9.70. The van der Waals surface area contributed by atoms with Gasteiger partial charge in [-0.25, -0.2) is 15.0 Å². The summed E-state index contributed by atoms with van der Waals surface area (Å²) in [7, 11) is 6.86. The molecule has 4 saturated heterocycles. The molecule has 0 amide bonds. The van der Waals surface area contributed by atoms with E-state index in [9.17, 15) is 19.8 Å². The minimum absolute atomic E-state index is 0.125.